The van der Waals surface area contributed by atoms with Gasteiger partial charge in [0.05, 0.1) is 25.5 Å². The van der Waals surface area contributed by atoms with Gasteiger partial charge in [-0.05, 0) is 54.7 Å². The number of ether oxygens (including phenoxy) is 2. The van der Waals surface area contributed by atoms with E-state index in [9.17, 15) is 18.0 Å². The highest BCUT2D eigenvalue weighted by Gasteiger charge is 2.29. The van der Waals surface area contributed by atoms with E-state index in [-0.39, 0.29) is 17.3 Å². The SMILES string of the molecule is COc1ccc(CC(=O)NC(=N)N[C@H](CC2CCCCC2)C(=O)Nc2cc(S(=O)(=O)N3CCNCC3)ccc2C)cc1OC. The quantitative estimate of drug-likeness (QED) is 0.188. The molecule has 2 aromatic rings. The van der Waals surface area contributed by atoms with E-state index in [4.69, 9.17) is 14.9 Å². The first kappa shape index (κ1) is 33.2. The number of carbonyl (C=O) groups excluding carboxylic acids is 2. The molecule has 0 unspecified atom stereocenters. The second kappa shape index (κ2) is 15.4. The number of aryl methyl sites for hydroxylation is 1. The van der Waals surface area contributed by atoms with Crippen LogP contribution in [0.5, 0.6) is 11.5 Å². The Kier molecular flexibility index (Phi) is 11.6. The van der Waals surface area contributed by atoms with Gasteiger partial charge in [-0.2, -0.15) is 4.31 Å². The normalized spacial score (nSPS) is 16.9. The molecule has 0 aromatic heterocycles. The fourth-order valence-electron chi connectivity index (χ4n) is 5.71. The van der Waals surface area contributed by atoms with Gasteiger partial charge < -0.3 is 25.4 Å². The molecular formula is C31H44N6O6S. The molecule has 2 aromatic carbocycles. The molecule has 44 heavy (non-hydrogen) atoms. The number of anilines is 1. The number of nitrogens with zero attached hydrogens (tertiary/aromatic N) is 1. The third kappa shape index (κ3) is 8.70. The van der Waals surface area contributed by atoms with Crippen molar-refractivity contribution in [3.63, 3.8) is 0 Å². The molecule has 0 bridgehead atoms. The molecule has 5 N–H and O–H groups in total. The van der Waals surface area contributed by atoms with E-state index < -0.39 is 27.9 Å². The van der Waals surface area contributed by atoms with Crippen molar-refractivity contribution in [2.24, 2.45) is 5.92 Å². The number of benzene rings is 2. The maximum atomic E-state index is 13.7. The minimum absolute atomic E-state index is 0.00254. The molecular weight excluding hydrogens is 584 g/mol. The molecule has 1 saturated heterocycles. The van der Waals surface area contributed by atoms with Crippen molar-refractivity contribution in [3.8, 4) is 11.5 Å². The average molecular weight is 629 g/mol. The first-order valence-corrected chi connectivity index (χ1v) is 16.5. The standard InChI is InChI=1S/C31H44N6O6S/c1-21-9-11-24(44(40,41)37-15-13-33-14-16-37)20-25(21)34-30(39)26(17-22-7-5-4-6-8-22)35-31(32)36-29(38)19-23-10-12-27(42-2)28(18-23)43-3/h9-12,18,20,22,26,33H,4-8,13-17,19H2,1-3H3,(H,34,39)(H3,32,35,36,38)/t26-/m1/s1. The van der Waals surface area contributed by atoms with E-state index >= 15 is 0 Å². The molecule has 2 amide bonds. The van der Waals surface area contributed by atoms with E-state index in [1.165, 1.54) is 24.6 Å². The fraction of sp³-hybridized carbons (Fsp3) is 0.516. The number of nitrogens with one attached hydrogen (secondary N) is 5. The van der Waals surface area contributed by atoms with Crippen LogP contribution in [-0.2, 0) is 26.0 Å². The predicted molar refractivity (Wildman–Crippen MR) is 169 cm³/mol. The van der Waals surface area contributed by atoms with Crippen LogP contribution in [0.25, 0.3) is 0 Å². The predicted octanol–water partition coefficient (Wildman–Crippen LogP) is 2.77. The summed E-state index contributed by atoms with van der Waals surface area (Å²) in [5.74, 6) is 0.239. The number of carbonyl (C=O) groups is 2. The number of rotatable bonds is 11. The van der Waals surface area contributed by atoms with Crippen molar-refractivity contribution < 1.29 is 27.5 Å². The first-order valence-electron chi connectivity index (χ1n) is 15.1. The van der Waals surface area contributed by atoms with Gasteiger partial charge in [0.1, 0.15) is 6.04 Å². The molecule has 1 aliphatic carbocycles. The Bertz CT molecular complexity index is 1440. The molecule has 1 heterocycles. The van der Waals surface area contributed by atoms with Gasteiger partial charge in [-0.15, -0.1) is 0 Å². The van der Waals surface area contributed by atoms with Gasteiger partial charge in [-0.3, -0.25) is 20.3 Å². The molecule has 12 nitrogen and oxygen atoms in total. The van der Waals surface area contributed by atoms with Crippen LogP contribution in [0.15, 0.2) is 41.3 Å². The van der Waals surface area contributed by atoms with E-state index in [2.05, 4.69) is 21.3 Å². The monoisotopic (exact) mass is 628 g/mol. The highest BCUT2D eigenvalue weighted by Crippen LogP contribution is 2.29. The second-order valence-corrected chi connectivity index (χ2v) is 13.3. The first-order chi connectivity index (χ1) is 21.1. The van der Waals surface area contributed by atoms with Gasteiger partial charge >= 0.3 is 0 Å². The van der Waals surface area contributed by atoms with Crippen LogP contribution >= 0.6 is 0 Å². The van der Waals surface area contributed by atoms with Crippen molar-refractivity contribution in [3.05, 3.63) is 47.5 Å². The lowest BCUT2D eigenvalue weighted by Crippen LogP contribution is -2.51. The zero-order chi connectivity index (χ0) is 31.7. The Morgan fingerprint density at radius 3 is 2.41 bits per heavy atom. The van der Waals surface area contributed by atoms with E-state index in [0.717, 1.165) is 32.1 Å². The summed E-state index contributed by atoms with van der Waals surface area (Å²) in [5.41, 5.74) is 1.79. The molecule has 1 atom stereocenters. The number of guanidine groups is 1. The molecule has 1 aliphatic heterocycles. The number of piperazine rings is 1. The van der Waals surface area contributed by atoms with Gasteiger partial charge in [0, 0.05) is 31.9 Å². The Morgan fingerprint density at radius 1 is 1.02 bits per heavy atom. The number of hydrogen-bond donors (Lipinski definition) is 5. The maximum Gasteiger partial charge on any atom is 0.246 e. The second-order valence-electron chi connectivity index (χ2n) is 11.3. The Labute approximate surface area is 259 Å². The minimum atomic E-state index is -3.72. The largest absolute Gasteiger partial charge is 0.493 e. The summed E-state index contributed by atoms with van der Waals surface area (Å²) in [5, 5.41) is 20.0. The van der Waals surface area contributed by atoms with Crippen molar-refractivity contribution in [2.75, 3.05) is 45.7 Å². The number of methoxy groups -OCH3 is 2. The molecule has 2 aliphatic rings. The summed E-state index contributed by atoms with van der Waals surface area (Å²) in [6.07, 6.45) is 5.79. The zero-order valence-electron chi connectivity index (χ0n) is 25.7. The zero-order valence-corrected chi connectivity index (χ0v) is 26.5. The maximum absolute atomic E-state index is 13.7. The molecule has 0 radical (unpaired) electrons. The van der Waals surface area contributed by atoms with Crippen molar-refractivity contribution >= 4 is 33.5 Å². The van der Waals surface area contributed by atoms with Crippen LogP contribution in [0, 0.1) is 18.3 Å². The van der Waals surface area contributed by atoms with Gasteiger partial charge in [-0.1, -0.05) is 44.2 Å². The molecule has 1 saturated carbocycles. The number of hydrogen-bond acceptors (Lipinski definition) is 8. The van der Waals surface area contributed by atoms with E-state index in [1.54, 1.807) is 37.3 Å². The highest BCUT2D eigenvalue weighted by molar-refractivity contribution is 7.89. The Balaban J connectivity index is 1.45. The molecule has 240 valence electrons. The molecule has 13 heteroatoms. The summed E-state index contributed by atoms with van der Waals surface area (Å²) >= 11 is 0. The van der Waals surface area contributed by atoms with Crippen LogP contribution in [0.1, 0.15) is 49.7 Å². The van der Waals surface area contributed by atoms with E-state index in [0.29, 0.717) is 66.8 Å². The van der Waals surface area contributed by atoms with Crippen LogP contribution in [-0.4, -0.2) is 76.9 Å². The van der Waals surface area contributed by atoms with Crippen LogP contribution in [0.2, 0.25) is 0 Å². The van der Waals surface area contributed by atoms with Crippen LogP contribution < -0.4 is 30.7 Å². The van der Waals surface area contributed by atoms with Gasteiger partial charge in [0.25, 0.3) is 0 Å². The molecule has 2 fully saturated rings. The fourth-order valence-corrected chi connectivity index (χ4v) is 7.18. The van der Waals surface area contributed by atoms with Gasteiger partial charge in [-0.25, -0.2) is 8.42 Å². The van der Waals surface area contributed by atoms with Gasteiger partial charge in [0.15, 0.2) is 17.5 Å². The summed E-state index contributed by atoms with van der Waals surface area (Å²) < 4.78 is 38.5. The topological polar surface area (TPSA) is 162 Å². The summed E-state index contributed by atoms with van der Waals surface area (Å²) in [4.78, 5) is 26.6. The van der Waals surface area contributed by atoms with Crippen LogP contribution in [0.4, 0.5) is 5.69 Å². The van der Waals surface area contributed by atoms with Crippen molar-refractivity contribution in [2.45, 2.75) is 62.8 Å². The number of sulfonamides is 1. The summed E-state index contributed by atoms with van der Waals surface area (Å²) in [6, 6.07) is 9.10. The summed E-state index contributed by atoms with van der Waals surface area (Å²) in [7, 11) is -0.669. The lowest BCUT2D eigenvalue weighted by molar-refractivity contribution is -0.120. The Hall–Kier alpha value is -3.68. The smallest absolute Gasteiger partial charge is 0.246 e. The van der Waals surface area contributed by atoms with Crippen molar-refractivity contribution in [1.82, 2.24) is 20.3 Å². The van der Waals surface area contributed by atoms with Crippen LogP contribution in [0.3, 0.4) is 0 Å². The van der Waals surface area contributed by atoms with E-state index in [1.807, 2.05) is 0 Å². The minimum Gasteiger partial charge on any atom is -0.493 e. The highest BCUT2D eigenvalue weighted by atomic mass is 32.2. The number of amides is 2. The lowest BCUT2D eigenvalue weighted by atomic mass is 9.84. The average Bonchev–Trinajstić information content (AvgIpc) is 3.02. The van der Waals surface area contributed by atoms with Crippen molar-refractivity contribution in [1.29, 1.82) is 5.41 Å². The van der Waals surface area contributed by atoms with Gasteiger partial charge in [0.2, 0.25) is 21.8 Å². The molecule has 0 spiro atoms. The lowest BCUT2D eigenvalue weighted by Gasteiger charge is -2.28. The summed E-state index contributed by atoms with van der Waals surface area (Å²) in [6.45, 7) is 3.73. The third-order valence-electron chi connectivity index (χ3n) is 8.19. The third-order valence-corrected chi connectivity index (χ3v) is 10.1. The molecule has 4 rings (SSSR count). The Morgan fingerprint density at radius 2 is 1.73 bits per heavy atom.